The van der Waals surface area contributed by atoms with Gasteiger partial charge in [0.25, 0.3) is 0 Å². The van der Waals surface area contributed by atoms with Crippen molar-refractivity contribution in [1.82, 2.24) is 14.9 Å². The summed E-state index contributed by atoms with van der Waals surface area (Å²) in [5.74, 6) is 2.24. The third kappa shape index (κ3) is 4.44. The van der Waals surface area contributed by atoms with Gasteiger partial charge in [-0.05, 0) is 19.8 Å². The smallest absolute Gasteiger partial charge is 0.227 e. The number of carbonyl (C=O) groups excluding carboxylic acids is 1. The van der Waals surface area contributed by atoms with Crippen LogP contribution in [0.25, 0.3) is 0 Å². The fourth-order valence-corrected chi connectivity index (χ4v) is 3.39. The van der Waals surface area contributed by atoms with Crippen LogP contribution < -0.4 is 10.2 Å². The highest BCUT2D eigenvalue weighted by molar-refractivity contribution is 5.77. The molecule has 1 fully saturated rings. The predicted octanol–water partition coefficient (Wildman–Crippen LogP) is 2.06. The first kappa shape index (κ1) is 18.9. The number of rotatable bonds is 5. The van der Waals surface area contributed by atoms with Crippen LogP contribution in [0, 0.1) is 5.92 Å². The first-order valence-electron chi connectivity index (χ1n) is 9.71. The SMILES string of the molecule is CC(C)CC(=O)N1CCc2nc(N3CCOCC3)nc(NC(C)C)c2C1. The summed E-state index contributed by atoms with van der Waals surface area (Å²) in [5.41, 5.74) is 2.14. The van der Waals surface area contributed by atoms with Gasteiger partial charge in [-0.3, -0.25) is 4.79 Å². The highest BCUT2D eigenvalue weighted by Gasteiger charge is 2.27. The lowest BCUT2D eigenvalue weighted by Crippen LogP contribution is -2.40. The Labute approximate surface area is 156 Å². The lowest BCUT2D eigenvalue weighted by Gasteiger charge is -2.33. The van der Waals surface area contributed by atoms with E-state index < -0.39 is 0 Å². The maximum atomic E-state index is 12.5. The Morgan fingerprint density at radius 3 is 2.54 bits per heavy atom. The summed E-state index contributed by atoms with van der Waals surface area (Å²) in [4.78, 5) is 26.3. The zero-order chi connectivity index (χ0) is 18.7. The summed E-state index contributed by atoms with van der Waals surface area (Å²) in [6.07, 6.45) is 1.38. The molecule has 2 aliphatic heterocycles. The Kier molecular flexibility index (Phi) is 5.96. The van der Waals surface area contributed by atoms with E-state index in [0.717, 1.165) is 49.1 Å². The second-order valence-corrected chi connectivity index (χ2v) is 7.86. The minimum atomic E-state index is 0.221. The molecule has 3 heterocycles. The van der Waals surface area contributed by atoms with E-state index in [-0.39, 0.29) is 11.9 Å². The number of morpholine rings is 1. The molecule has 0 radical (unpaired) electrons. The van der Waals surface area contributed by atoms with Crippen molar-refractivity contribution >= 4 is 17.7 Å². The first-order chi connectivity index (χ1) is 12.4. The molecule has 0 saturated carbocycles. The quantitative estimate of drug-likeness (QED) is 0.866. The van der Waals surface area contributed by atoms with E-state index >= 15 is 0 Å². The van der Waals surface area contributed by atoms with Crippen LogP contribution in [0.1, 0.15) is 45.4 Å². The largest absolute Gasteiger partial charge is 0.378 e. The molecule has 0 spiro atoms. The van der Waals surface area contributed by atoms with Crippen LogP contribution >= 0.6 is 0 Å². The maximum absolute atomic E-state index is 12.5. The van der Waals surface area contributed by atoms with Crippen LogP contribution in [-0.4, -0.2) is 59.7 Å². The molecule has 1 amide bonds. The Bertz CT molecular complexity index is 641. The number of carbonyl (C=O) groups is 1. The first-order valence-corrected chi connectivity index (χ1v) is 9.71. The number of amides is 1. The van der Waals surface area contributed by atoms with Gasteiger partial charge < -0.3 is 19.9 Å². The molecule has 0 atom stereocenters. The third-order valence-corrected chi connectivity index (χ3v) is 4.70. The normalized spacial score (nSPS) is 17.6. The molecule has 1 N–H and O–H groups in total. The van der Waals surface area contributed by atoms with E-state index in [2.05, 4.69) is 37.9 Å². The number of nitrogens with zero attached hydrogens (tertiary/aromatic N) is 4. The minimum absolute atomic E-state index is 0.221. The fourth-order valence-electron chi connectivity index (χ4n) is 3.39. The molecule has 0 aromatic carbocycles. The minimum Gasteiger partial charge on any atom is -0.378 e. The Morgan fingerprint density at radius 1 is 1.15 bits per heavy atom. The lowest BCUT2D eigenvalue weighted by molar-refractivity contribution is -0.132. The number of hydrogen-bond acceptors (Lipinski definition) is 6. The molecular formula is C19H31N5O2. The van der Waals surface area contributed by atoms with Gasteiger partial charge in [-0.1, -0.05) is 13.8 Å². The van der Waals surface area contributed by atoms with E-state index in [1.54, 1.807) is 0 Å². The third-order valence-electron chi connectivity index (χ3n) is 4.70. The van der Waals surface area contributed by atoms with Gasteiger partial charge >= 0.3 is 0 Å². The second-order valence-electron chi connectivity index (χ2n) is 7.86. The number of aromatic nitrogens is 2. The number of ether oxygens (including phenoxy) is 1. The molecule has 26 heavy (non-hydrogen) atoms. The van der Waals surface area contributed by atoms with Crippen LogP contribution in [0.2, 0.25) is 0 Å². The lowest BCUT2D eigenvalue weighted by atomic mass is 10.0. The molecule has 0 bridgehead atoms. The average Bonchev–Trinajstić information content (AvgIpc) is 2.61. The molecule has 7 nitrogen and oxygen atoms in total. The fraction of sp³-hybridized carbons (Fsp3) is 0.737. The average molecular weight is 361 g/mol. The van der Waals surface area contributed by atoms with E-state index in [9.17, 15) is 4.79 Å². The van der Waals surface area contributed by atoms with Crippen molar-refractivity contribution in [2.24, 2.45) is 5.92 Å². The Hall–Kier alpha value is -1.89. The summed E-state index contributed by atoms with van der Waals surface area (Å²) in [5, 5.41) is 3.47. The summed E-state index contributed by atoms with van der Waals surface area (Å²) < 4.78 is 5.44. The zero-order valence-corrected chi connectivity index (χ0v) is 16.4. The summed E-state index contributed by atoms with van der Waals surface area (Å²) in [6, 6.07) is 0.272. The monoisotopic (exact) mass is 361 g/mol. The predicted molar refractivity (Wildman–Crippen MR) is 102 cm³/mol. The molecule has 1 aromatic rings. The molecule has 1 aromatic heterocycles. The van der Waals surface area contributed by atoms with Crippen molar-refractivity contribution in [3.63, 3.8) is 0 Å². The summed E-state index contributed by atoms with van der Waals surface area (Å²) in [6.45, 7) is 12.8. The van der Waals surface area contributed by atoms with Gasteiger partial charge in [0.2, 0.25) is 11.9 Å². The van der Waals surface area contributed by atoms with E-state index in [1.807, 2.05) is 4.90 Å². The molecular weight excluding hydrogens is 330 g/mol. The molecule has 144 valence electrons. The standard InChI is InChI=1S/C19H31N5O2/c1-13(2)11-17(25)24-6-5-16-15(12-24)18(20-14(3)4)22-19(21-16)23-7-9-26-10-8-23/h13-14H,5-12H2,1-4H3,(H,20,21,22). The van der Waals surface area contributed by atoms with E-state index in [4.69, 9.17) is 14.7 Å². The van der Waals surface area contributed by atoms with Crippen LogP contribution in [0.5, 0.6) is 0 Å². The molecule has 3 rings (SSSR count). The highest BCUT2D eigenvalue weighted by atomic mass is 16.5. The van der Waals surface area contributed by atoms with E-state index in [0.29, 0.717) is 32.1 Å². The topological polar surface area (TPSA) is 70.6 Å². The number of nitrogens with one attached hydrogen (secondary N) is 1. The van der Waals surface area contributed by atoms with Crippen LogP contribution in [0.4, 0.5) is 11.8 Å². The Balaban J connectivity index is 1.87. The zero-order valence-electron chi connectivity index (χ0n) is 16.4. The maximum Gasteiger partial charge on any atom is 0.227 e. The molecule has 1 saturated heterocycles. The number of anilines is 2. The molecule has 0 aliphatic carbocycles. The number of fused-ring (bicyclic) bond motifs is 1. The molecule has 0 unspecified atom stereocenters. The van der Waals surface area contributed by atoms with Gasteiger partial charge in [0, 0.05) is 44.1 Å². The van der Waals surface area contributed by atoms with Gasteiger partial charge in [-0.2, -0.15) is 4.98 Å². The highest BCUT2D eigenvalue weighted by Crippen LogP contribution is 2.28. The molecule has 7 heteroatoms. The van der Waals surface area contributed by atoms with Crippen molar-refractivity contribution in [2.75, 3.05) is 43.1 Å². The van der Waals surface area contributed by atoms with Crippen molar-refractivity contribution in [2.45, 2.75) is 53.1 Å². The van der Waals surface area contributed by atoms with Crippen LogP contribution in [-0.2, 0) is 22.5 Å². The van der Waals surface area contributed by atoms with Crippen molar-refractivity contribution in [3.05, 3.63) is 11.3 Å². The number of hydrogen-bond donors (Lipinski definition) is 1. The van der Waals surface area contributed by atoms with Gasteiger partial charge in [0.05, 0.1) is 25.5 Å². The van der Waals surface area contributed by atoms with Gasteiger partial charge in [-0.15, -0.1) is 0 Å². The Morgan fingerprint density at radius 2 is 1.88 bits per heavy atom. The summed E-state index contributed by atoms with van der Waals surface area (Å²) >= 11 is 0. The van der Waals surface area contributed by atoms with Crippen molar-refractivity contribution in [3.8, 4) is 0 Å². The second kappa shape index (κ2) is 8.20. The van der Waals surface area contributed by atoms with Crippen molar-refractivity contribution < 1.29 is 9.53 Å². The summed E-state index contributed by atoms with van der Waals surface area (Å²) in [7, 11) is 0. The molecule has 2 aliphatic rings. The van der Waals surface area contributed by atoms with E-state index in [1.165, 1.54) is 0 Å². The van der Waals surface area contributed by atoms with Gasteiger partial charge in [0.1, 0.15) is 5.82 Å². The van der Waals surface area contributed by atoms with Crippen molar-refractivity contribution in [1.29, 1.82) is 0 Å². The van der Waals surface area contributed by atoms with Crippen LogP contribution in [0.3, 0.4) is 0 Å². The van der Waals surface area contributed by atoms with Crippen LogP contribution in [0.15, 0.2) is 0 Å². The van der Waals surface area contributed by atoms with Gasteiger partial charge in [-0.25, -0.2) is 4.98 Å². The van der Waals surface area contributed by atoms with Gasteiger partial charge in [0.15, 0.2) is 0 Å².